The Labute approximate surface area is 90.2 Å². The van der Waals surface area contributed by atoms with Crippen molar-refractivity contribution in [1.82, 2.24) is 0 Å². The van der Waals surface area contributed by atoms with Crippen molar-refractivity contribution < 1.29 is 9.47 Å². The van der Waals surface area contributed by atoms with Crippen molar-refractivity contribution in [3.8, 4) is 5.75 Å². The fraction of sp³-hybridized carbons (Fsp3) is 0.500. The lowest BCUT2D eigenvalue weighted by atomic mass is 9.99. The molecular weight excluding hydrogens is 190 g/mol. The fourth-order valence-electron chi connectivity index (χ4n) is 1.86. The lowest BCUT2D eigenvalue weighted by Crippen LogP contribution is -2.20. The standard InChI is InChI=1S/C12H17NO2/c1-14-8-9-7-10(15-2)3-4-11(9)12(13)5-6-12/h3-4,7H,5-6,8,13H2,1-2H3. The zero-order valence-electron chi connectivity index (χ0n) is 9.25. The normalized spacial score (nSPS) is 17.5. The van der Waals surface area contributed by atoms with Gasteiger partial charge in [-0.2, -0.15) is 0 Å². The highest BCUT2D eigenvalue weighted by atomic mass is 16.5. The van der Waals surface area contributed by atoms with Gasteiger partial charge in [-0.25, -0.2) is 0 Å². The van der Waals surface area contributed by atoms with E-state index in [2.05, 4.69) is 6.07 Å². The van der Waals surface area contributed by atoms with Crippen molar-refractivity contribution in [1.29, 1.82) is 0 Å². The minimum absolute atomic E-state index is 0.111. The maximum Gasteiger partial charge on any atom is 0.119 e. The van der Waals surface area contributed by atoms with Gasteiger partial charge < -0.3 is 15.2 Å². The molecule has 82 valence electrons. The van der Waals surface area contributed by atoms with Crippen LogP contribution in [0, 0.1) is 0 Å². The van der Waals surface area contributed by atoms with Gasteiger partial charge in [0.2, 0.25) is 0 Å². The van der Waals surface area contributed by atoms with E-state index in [1.165, 1.54) is 5.56 Å². The van der Waals surface area contributed by atoms with Gasteiger partial charge in [0.15, 0.2) is 0 Å². The summed E-state index contributed by atoms with van der Waals surface area (Å²) in [6, 6.07) is 6.02. The van der Waals surface area contributed by atoms with Crippen LogP contribution in [0.25, 0.3) is 0 Å². The zero-order chi connectivity index (χ0) is 10.9. The molecular formula is C12H17NO2. The molecule has 0 bridgehead atoms. The molecule has 2 rings (SSSR count). The van der Waals surface area contributed by atoms with Gasteiger partial charge in [-0.3, -0.25) is 0 Å². The third-order valence-corrected chi connectivity index (χ3v) is 2.94. The Morgan fingerprint density at radius 3 is 2.60 bits per heavy atom. The number of hydrogen-bond donors (Lipinski definition) is 1. The molecule has 0 aliphatic heterocycles. The average molecular weight is 207 g/mol. The Hall–Kier alpha value is -1.06. The summed E-state index contributed by atoms with van der Waals surface area (Å²) in [6.45, 7) is 0.589. The van der Waals surface area contributed by atoms with Crippen LogP contribution in [0.1, 0.15) is 24.0 Å². The minimum atomic E-state index is -0.111. The van der Waals surface area contributed by atoms with Crippen LogP contribution >= 0.6 is 0 Å². The number of ether oxygens (including phenoxy) is 2. The summed E-state index contributed by atoms with van der Waals surface area (Å²) < 4.78 is 10.4. The highest BCUT2D eigenvalue weighted by Gasteiger charge is 2.41. The second-order valence-corrected chi connectivity index (χ2v) is 4.11. The third-order valence-electron chi connectivity index (χ3n) is 2.94. The van der Waals surface area contributed by atoms with Crippen LogP contribution in [0.15, 0.2) is 18.2 Å². The Kier molecular flexibility index (Phi) is 2.67. The van der Waals surface area contributed by atoms with Crippen molar-refractivity contribution >= 4 is 0 Å². The van der Waals surface area contributed by atoms with Gasteiger partial charge in [-0.05, 0) is 36.1 Å². The van der Waals surface area contributed by atoms with E-state index in [-0.39, 0.29) is 5.54 Å². The van der Waals surface area contributed by atoms with Crippen LogP contribution in [0.2, 0.25) is 0 Å². The van der Waals surface area contributed by atoms with Gasteiger partial charge in [-0.1, -0.05) is 6.07 Å². The number of hydrogen-bond acceptors (Lipinski definition) is 3. The molecule has 0 atom stereocenters. The topological polar surface area (TPSA) is 44.5 Å². The highest BCUT2D eigenvalue weighted by Crippen LogP contribution is 2.44. The minimum Gasteiger partial charge on any atom is -0.497 e. The van der Waals surface area contributed by atoms with Crippen LogP contribution in [-0.4, -0.2) is 14.2 Å². The van der Waals surface area contributed by atoms with Crippen LogP contribution in [0.3, 0.4) is 0 Å². The molecule has 0 aromatic heterocycles. The second-order valence-electron chi connectivity index (χ2n) is 4.11. The molecule has 1 aromatic carbocycles. The van der Waals surface area contributed by atoms with E-state index < -0.39 is 0 Å². The molecule has 1 fully saturated rings. The quantitative estimate of drug-likeness (QED) is 0.818. The molecule has 0 spiro atoms. The Morgan fingerprint density at radius 2 is 2.07 bits per heavy atom. The molecule has 0 unspecified atom stereocenters. The molecule has 0 radical (unpaired) electrons. The van der Waals surface area contributed by atoms with Gasteiger partial charge in [0.25, 0.3) is 0 Å². The predicted octanol–water partition coefficient (Wildman–Crippen LogP) is 1.79. The SMILES string of the molecule is COCc1cc(OC)ccc1C1(N)CC1. The van der Waals surface area contributed by atoms with E-state index in [1.54, 1.807) is 14.2 Å². The maximum atomic E-state index is 6.19. The third kappa shape index (κ3) is 1.98. The van der Waals surface area contributed by atoms with Crippen molar-refractivity contribution in [2.75, 3.05) is 14.2 Å². The van der Waals surface area contributed by atoms with Crippen LogP contribution in [0.5, 0.6) is 5.75 Å². The first-order valence-corrected chi connectivity index (χ1v) is 5.15. The average Bonchev–Trinajstić information content (AvgIpc) is 2.98. The van der Waals surface area contributed by atoms with Crippen LogP contribution < -0.4 is 10.5 Å². The predicted molar refractivity (Wildman–Crippen MR) is 58.8 cm³/mol. The van der Waals surface area contributed by atoms with Crippen molar-refractivity contribution in [3.63, 3.8) is 0 Å². The number of rotatable bonds is 4. The molecule has 0 amide bonds. The van der Waals surface area contributed by atoms with Gasteiger partial charge >= 0.3 is 0 Å². The van der Waals surface area contributed by atoms with E-state index in [4.69, 9.17) is 15.2 Å². The first-order chi connectivity index (χ1) is 7.19. The van der Waals surface area contributed by atoms with Crippen molar-refractivity contribution in [3.05, 3.63) is 29.3 Å². The lowest BCUT2D eigenvalue weighted by Gasteiger charge is -2.15. The first kappa shape index (κ1) is 10.5. The highest BCUT2D eigenvalue weighted by molar-refractivity contribution is 5.42. The summed E-state index contributed by atoms with van der Waals surface area (Å²) in [7, 11) is 3.36. The maximum absolute atomic E-state index is 6.19. The van der Waals surface area contributed by atoms with Gasteiger partial charge in [0.1, 0.15) is 5.75 Å². The summed E-state index contributed by atoms with van der Waals surface area (Å²) in [5, 5.41) is 0. The molecule has 1 saturated carbocycles. The molecule has 0 heterocycles. The van der Waals surface area contributed by atoms with Gasteiger partial charge in [0, 0.05) is 12.6 Å². The Balaban J connectivity index is 2.35. The summed E-state index contributed by atoms with van der Waals surface area (Å²) in [5.74, 6) is 0.857. The monoisotopic (exact) mass is 207 g/mol. The Morgan fingerprint density at radius 1 is 1.33 bits per heavy atom. The molecule has 3 nitrogen and oxygen atoms in total. The Bertz CT molecular complexity index is 359. The molecule has 1 aliphatic rings. The summed E-state index contributed by atoms with van der Waals surface area (Å²) in [5.41, 5.74) is 8.42. The largest absolute Gasteiger partial charge is 0.497 e. The van der Waals surface area contributed by atoms with Crippen molar-refractivity contribution in [2.24, 2.45) is 5.73 Å². The zero-order valence-corrected chi connectivity index (χ0v) is 9.25. The molecule has 0 saturated heterocycles. The summed E-state index contributed by atoms with van der Waals surface area (Å²) in [4.78, 5) is 0. The molecule has 1 aliphatic carbocycles. The number of benzene rings is 1. The van der Waals surface area contributed by atoms with Crippen molar-refractivity contribution in [2.45, 2.75) is 25.0 Å². The van der Waals surface area contributed by atoms with Crippen LogP contribution in [-0.2, 0) is 16.9 Å². The van der Waals surface area contributed by atoms with Gasteiger partial charge in [0.05, 0.1) is 13.7 Å². The molecule has 2 N–H and O–H groups in total. The van der Waals surface area contributed by atoms with E-state index >= 15 is 0 Å². The fourth-order valence-corrected chi connectivity index (χ4v) is 1.86. The smallest absolute Gasteiger partial charge is 0.119 e. The lowest BCUT2D eigenvalue weighted by molar-refractivity contribution is 0.183. The summed E-state index contributed by atoms with van der Waals surface area (Å²) in [6.07, 6.45) is 2.13. The number of nitrogens with two attached hydrogens (primary N) is 1. The van der Waals surface area contributed by atoms with E-state index in [9.17, 15) is 0 Å². The first-order valence-electron chi connectivity index (χ1n) is 5.15. The van der Waals surface area contributed by atoms with E-state index in [1.807, 2.05) is 12.1 Å². The summed E-state index contributed by atoms with van der Waals surface area (Å²) >= 11 is 0. The molecule has 15 heavy (non-hydrogen) atoms. The molecule has 1 aromatic rings. The van der Waals surface area contributed by atoms with Crippen LogP contribution in [0.4, 0.5) is 0 Å². The van der Waals surface area contributed by atoms with Gasteiger partial charge in [-0.15, -0.1) is 0 Å². The number of methoxy groups -OCH3 is 2. The van der Waals surface area contributed by atoms with E-state index in [0.29, 0.717) is 6.61 Å². The molecule has 3 heteroatoms. The van der Waals surface area contributed by atoms with E-state index in [0.717, 1.165) is 24.2 Å². The second kappa shape index (κ2) is 3.83.